The molecular formula is C10H11BrN2O. The molecule has 4 heteroatoms. The van der Waals surface area contributed by atoms with Crippen molar-refractivity contribution < 1.29 is 4.79 Å². The number of hydrogen-bond donors (Lipinski definition) is 0. The van der Waals surface area contributed by atoms with Gasteiger partial charge in [0.25, 0.3) is 0 Å². The molecule has 0 saturated carbocycles. The summed E-state index contributed by atoms with van der Waals surface area (Å²) in [6.45, 7) is 2.37. The molecule has 74 valence electrons. The van der Waals surface area contributed by atoms with E-state index in [9.17, 15) is 4.79 Å². The molecule has 2 heterocycles. The molecule has 1 aromatic rings. The molecule has 0 N–H and O–H groups in total. The fourth-order valence-electron chi connectivity index (χ4n) is 1.74. The third kappa shape index (κ3) is 1.66. The molecule has 0 aromatic carbocycles. The van der Waals surface area contributed by atoms with Crippen LogP contribution in [0.3, 0.4) is 0 Å². The van der Waals surface area contributed by atoms with Gasteiger partial charge in [-0.3, -0.25) is 9.69 Å². The monoisotopic (exact) mass is 254 g/mol. The molecule has 0 unspecified atom stereocenters. The maximum absolute atomic E-state index is 11.3. The van der Waals surface area contributed by atoms with Crippen molar-refractivity contribution in [2.45, 2.75) is 19.8 Å². The molecule has 0 fully saturated rings. The van der Waals surface area contributed by atoms with Crippen LogP contribution < -0.4 is 4.90 Å². The van der Waals surface area contributed by atoms with Gasteiger partial charge in [0.2, 0.25) is 5.91 Å². The molecule has 0 saturated heterocycles. The highest BCUT2D eigenvalue weighted by Crippen LogP contribution is 2.26. The minimum atomic E-state index is 0.0702. The van der Waals surface area contributed by atoms with Gasteiger partial charge in [0.15, 0.2) is 0 Å². The normalized spacial score (nSPS) is 15.1. The highest BCUT2D eigenvalue weighted by Gasteiger charge is 2.20. The van der Waals surface area contributed by atoms with Gasteiger partial charge in [-0.1, -0.05) is 0 Å². The van der Waals surface area contributed by atoms with Crippen molar-refractivity contribution in [3.05, 3.63) is 22.3 Å². The Bertz CT molecular complexity index is 378. The van der Waals surface area contributed by atoms with E-state index in [-0.39, 0.29) is 5.91 Å². The number of aromatic nitrogens is 1. The summed E-state index contributed by atoms with van der Waals surface area (Å²) in [5.74, 6) is 0.896. The maximum Gasteiger partial charge on any atom is 0.225 e. The molecule has 1 aliphatic rings. The minimum absolute atomic E-state index is 0.0702. The van der Waals surface area contributed by atoms with Gasteiger partial charge >= 0.3 is 0 Å². The van der Waals surface area contributed by atoms with Crippen LogP contribution in [0, 0.1) is 0 Å². The van der Waals surface area contributed by atoms with Crippen LogP contribution in [0.2, 0.25) is 0 Å². The average Bonchev–Trinajstić information content (AvgIpc) is 2.16. The van der Waals surface area contributed by atoms with Crippen molar-refractivity contribution in [2.75, 3.05) is 11.4 Å². The van der Waals surface area contributed by atoms with Gasteiger partial charge in [0.1, 0.15) is 5.82 Å². The van der Waals surface area contributed by atoms with E-state index in [4.69, 9.17) is 0 Å². The number of halogens is 1. The number of carbonyl (C=O) groups excluding carboxylic acids is 1. The Morgan fingerprint density at radius 2 is 2.43 bits per heavy atom. The lowest BCUT2D eigenvalue weighted by Gasteiger charge is -2.27. The first kappa shape index (κ1) is 9.65. The zero-order valence-electron chi connectivity index (χ0n) is 7.96. The summed E-state index contributed by atoms with van der Waals surface area (Å²) < 4.78 is 0.974. The molecule has 3 nitrogen and oxygen atoms in total. The van der Waals surface area contributed by atoms with Crippen LogP contribution in [0.1, 0.15) is 18.9 Å². The van der Waals surface area contributed by atoms with E-state index in [1.165, 1.54) is 0 Å². The first-order chi connectivity index (χ1) is 6.68. The predicted molar refractivity (Wildman–Crippen MR) is 58.3 cm³/mol. The Kier molecular flexibility index (Phi) is 2.54. The molecule has 0 radical (unpaired) electrons. The summed E-state index contributed by atoms with van der Waals surface area (Å²) in [7, 11) is 0. The third-order valence-electron chi connectivity index (χ3n) is 2.37. The number of nitrogens with zero attached hydrogens (tertiary/aromatic N) is 2. The highest BCUT2D eigenvalue weighted by atomic mass is 79.9. The van der Waals surface area contributed by atoms with E-state index in [2.05, 4.69) is 20.9 Å². The lowest BCUT2D eigenvalue weighted by Crippen LogP contribution is -2.34. The second-order valence-electron chi connectivity index (χ2n) is 3.41. The Hall–Kier alpha value is -0.900. The highest BCUT2D eigenvalue weighted by molar-refractivity contribution is 9.10. The van der Waals surface area contributed by atoms with Crippen LogP contribution in [0.25, 0.3) is 0 Å². The van der Waals surface area contributed by atoms with Crippen LogP contribution in [-0.2, 0) is 11.2 Å². The summed E-state index contributed by atoms with van der Waals surface area (Å²) in [6, 6.07) is 2.04. The Morgan fingerprint density at radius 1 is 1.64 bits per heavy atom. The van der Waals surface area contributed by atoms with Crippen LogP contribution in [0.15, 0.2) is 16.7 Å². The van der Waals surface area contributed by atoms with Crippen LogP contribution >= 0.6 is 15.9 Å². The first-order valence-electron chi connectivity index (χ1n) is 4.61. The molecule has 1 aliphatic heterocycles. The van der Waals surface area contributed by atoms with E-state index >= 15 is 0 Å². The predicted octanol–water partition coefficient (Wildman–Crippen LogP) is 2.14. The summed E-state index contributed by atoms with van der Waals surface area (Å²) in [4.78, 5) is 17.3. The van der Waals surface area contributed by atoms with Gasteiger partial charge in [-0.15, -0.1) is 0 Å². The third-order valence-corrected chi connectivity index (χ3v) is 2.81. The van der Waals surface area contributed by atoms with Gasteiger partial charge in [-0.05, 0) is 40.4 Å². The van der Waals surface area contributed by atoms with Crippen molar-refractivity contribution in [3.63, 3.8) is 0 Å². The molecule has 0 spiro atoms. The van der Waals surface area contributed by atoms with E-state index in [0.717, 1.165) is 35.2 Å². The Balaban J connectivity index is 2.44. The molecule has 1 aromatic heterocycles. The number of anilines is 1. The topological polar surface area (TPSA) is 33.2 Å². The number of pyridine rings is 1. The summed E-state index contributed by atoms with van der Waals surface area (Å²) in [5.41, 5.74) is 1.15. The van der Waals surface area contributed by atoms with Gasteiger partial charge in [-0.2, -0.15) is 0 Å². The van der Waals surface area contributed by atoms with Gasteiger partial charge in [0.05, 0.1) is 0 Å². The lowest BCUT2D eigenvalue weighted by molar-refractivity contribution is -0.116. The summed E-state index contributed by atoms with van der Waals surface area (Å²) >= 11 is 3.38. The van der Waals surface area contributed by atoms with E-state index in [1.807, 2.05) is 6.07 Å². The second-order valence-corrected chi connectivity index (χ2v) is 4.33. The smallest absolute Gasteiger partial charge is 0.225 e. The van der Waals surface area contributed by atoms with E-state index in [0.29, 0.717) is 0 Å². The summed E-state index contributed by atoms with van der Waals surface area (Å²) in [5, 5.41) is 0. The number of amides is 1. The largest absolute Gasteiger partial charge is 0.297 e. The quantitative estimate of drug-likeness (QED) is 0.711. The lowest BCUT2D eigenvalue weighted by atomic mass is 10.1. The van der Waals surface area contributed by atoms with Crippen molar-refractivity contribution in [1.29, 1.82) is 0 Å². The maximum atomic E-state index is 11.3. The number of fused-ring (bicyclic) bond motifs is 1. The molecule has 0 bridgehead atoms. The zero-order chi connectivity index (χ0) is 10.1. The summed E-state index contributed by atoms with van der Waals surface area (Å²) in [6.07, 6.45) is 3.76. The van der Waals surface area contributed by atoms with Gasteiger partial charge in [-0.25, -0.2) is 4.98 Å². The Labute approximate surface area is 91.3 Å². The van der Waals surface area contributed by atoms with Crippen molar-refractivity contribution in [1.82, 2.24) is 4.98 Å². The molecule has 0 aliphatic carbocycles. The zero-order valence-corrected chi connectivity index (χ0v) is 9.54. The first-order valence-corrected chi connectivity index (χ1v) is 5.40. The van der Waals surface area contributed by atoms with Crippen LogP contribution in [-0.4, -0.2) is 17.4 Å². The Morgan fingerprint density at radius 3 is 3.14 bits per heavy atom. The molecule has 2 rings (SSSR count). The van der Waals surface area contributed by atoms with Crippen LogP contribution in [0.4, 0.5) is 5.82 Å². The SMILES string of the molecule is CC(=O)N1CCCc2cc(Br)cnc21. The van der Waals surface area contributed by atoms with Gasteiger partial charge < -0.3 is 0 Å². The van der Waals surface area contributed by atoms with Crippen molar-refractivity contribution in [2.24, 2.45) is 0 Å². The fourth-order valence-corrected chi connectivity index (χ4v) is 2.12. The van der Waals surface area contributed by atoms with E-state index < -0.39 is 0 Å². The van der Waals surface area contributed by atoms with E-state index in [1.54, 1.807) is 18.0 Å². The van der Waals surface area contributed by atoms with Crippen LogP contribution in [0.5, 0.6) is 0 Å². The van der Waals surface area contributed by atoms with Crippen molar-refractivity contribution >= 4 is 27.7 Å². The molecule has 14 heavy (non-hydrogen) atoms. The standard InChI is InChI=1S/C10H11BrN2O/c1-7(14)13-4-2-3-8-5-9(11)6-12-10(8)13/h5-6H,2-4H2,1H3. The minimum Gasteiger partial charge on any atom is -0.297 e. The number of aryl methyl sites for hydroxylation is 1. The number of hydrogen-bond acceptors (Lipinski definition) is 2. The average molecular weight is 255 g/mol. The van der Waals surface area contributed by atoms with Crippen molar-refractivity contribution in [3.8, 4) is 0 Å². The fraction of sp³-hybridized carbons (Fsp3) is 0.400. The molecule has 0 atom stereocenters. The second kappa shape index (κ2) is 3.69. The van der Waals surface area contributed by atoms with Gasteiger partial charge in [0, 0.05) is 24.1 Å². The molecular weight excluding hydrogens is 244 g/mol. The number of carbonyl (C=O) groups is 1. The molecule has 1 amide bonds. The number of rotatable bonds is 0.